The molecule has 4 heteroatoms. The maximum Gasteiger partial charge on any atom is 0.260 e. The highest BCUT2D eigenvalue weighted by molar-refractivity contribution is 7.26. The fourth-order valence-corrected chi connectivity index (χ4v) is 7.84. The molecule has 0 fully saturated rings. The van der Waals surface area contributed by atoms with E-state index in [1.54, 1.807) is 5.56 Å². The zero-order valence-corrected chi connectivity index (χ0v) is 21.9. The third kappa shape index (κ3) is 2.74. The number of hydrogen-bond acceptors (Lipinski definition) is 3. The minimum Gasteiger partial charge on any atom is -0.458 e. The van der Waals surface area contributed by atoms with Gasteiger partial charge in [0.15, 0.2) is 0 Å². The van der Waals surface area contributed by atoms with Crippen molar-refractivity contribution in [1.82, 2.24) is 0 Å². The molecule has 1 aromatic heterocycles. The molecule has 36 heavy (non-hydrogen) atoms. The van der Waals surface area contributed by atoms with E-state index in [4.69, 9.17) is 9.47 Å². The van der Waals surface area contributed by atoms with Crippen molar-refractivity contribution in [3.63, 3.8) is 0 Å². The molecule has 2 nitrogen and oxygen atoms in total. The summed E-state index contributed by atoms with van der Waals surface area (Å²) in [7, 11) is 0. The second-order valence-electron chi connectivity index (χ2n) is 11.7. The standard InChI is InChI=1S/C32H27BO2S/c1-17-14-25-29-26(15-17)35-30-22(33(29)23-16-19(32(2,3)4)9-12-24(23)34-25)11-13-27-28(30)21-10-8-18-6-5-7-20(18)31(21)36-27/h8-16H,5-7H2,1-4H3. The van der Waals surface area contributed by atoms with Gasteiger partial charge in [-0.05, 0) is 89.0 Å². The molecule has 5 aromatic rings. The van der Waals surface area contributed by atoms with Crippen LogP contribution in [0.2, 0.25) is 0 Å². The average Bonchev–Trinajstić information content (AvgIpc) is 3.47. The highest BCUT2D eigenvalue weighted by atomic mass is 32.1. The quantitative estimate of drug-likeness (QED) is 0.218. The zero-order valence-electron chi connectivity index (χ0n) is 21.1. The number of hydrogen-bond donors (Lipinski definition) is 0. The molecule has 0 radical (unpaired) electrons. The maximum atomic E-state index is 6.84. The molecule has 0 saturated heterocycles. The van der Waals surface area contributed by atoms with Crippen LogP contribution in [0.3, 0.4) is 0 Å². The summed E-state index contributed by atoms with van der Waals surface area (Å²) in [5.41, 5.74) is 9.28. The Kier molecular flexibility index (Phi) is 4.04. The van der Waals surface area contributed by atoms with Crippen LogP contribution in [0.15, 0.2) is 54.6 Å². The molecule has 0 amide bonds. The smallest absolute Gasteiger partial charge is 0.260 e. The summed E-state index contributed by atoms with van der Waals surface area (Å²) < 4.78 is 16.1. The van der Waals surface area contributed by atoms with Crippen molar-refractivity contribution in [2.45, 2.75) is 52.4 Å². The van der Waals surface area contributed by atoms with E-state index in [9.17, 15) is 0 Å². The first-order valence-corrected chi connectivity index (χ1v) is 13.8. The molecule has 0 unspecified atom stereocenters. The van der Waals surface area contributed by atoms with Crippen molar-refractivity contribution >= 4 is 54.6 Å². The van der Waals surface area contributed by atoms with E-state index in [1.165, 1.54) is 61.5 Å². The summed E-state index contributed by atoms with van der Waals surface area (Å²) in [5, 5.41) is 2.62. The predicted octanol–water partition coefficient (Wildman–Crippen LogP) is 6.88. The highest BCUT2D eigenvalue weighted by Crippen LogP contribution is 2.46. The number of aryl methyl sites for hydroxylation is 3. The SMILES string of the molecule is Cc1cc2c3c(c1)Oc1c(ccc4sc5c6c(ccc5c14)CCC6)B3c1cc(C(C)(C)C)ccc1O2. The van der Waals surface area contributed by atoms with E-state index < -0.39 is 0 Å². The Morgan fingerprint density at radius 3 is 2.50 bits per heavy atom. The van der Waals surface area contributed by atoms with Crippen LogP contribution in [0.4, 0.5) is 0 Å². The van der Waals surface area contributed by atoms with Crippen molar-refractivity contribution in [2.24, 2.45) is 0 Å². The Hall–Kier alpha value is -3.24. The van der Waals surface area contributed by atoms with Gasteiger partial charge < -0.3 is 9.47 Å². The summed E-state index contributed by atoms with van der Waals surface area (Å²) in [5.74, 6) is 3.84. The average molecular weight is 486 g/mol. The van der Waals surface area contributed by atoms with Crippen LogP contribution in [0, 0.1) is 6.92 Å². The Morgan fingerprint density at radius 1 is 0.833 bits per heavy atom. The molecule has 3 aliphatic rings. The van der Waals surface area contributed by atoms with Crippen LogP contribution in [0.25, 0.3) is 20.2 Å². The first kappa shape index (κ1) is 20.9. The third-order valence-electron chi connectivity index (χ3n) is 8.33. The topological polar surface area (TPSA) is 18.5 Å². The molecule has 0 N–H and O–H groups in total. The molecule has 4 aromatic carbocycles. The second kappa shape index (κ2) is 6.95. The number of benzene rings is 4. The normalized spacial score (nSPS) is 15.3. The first-order valence-electron chi connectivity index (χ1n) is 13.0. The molecular weight excluding hydrogens is 459 g/mol. The van der Waals surface area contributed by atoms with Gasteiger partial charge in [0, 0.05) is 25.6 Å². The van der Waals surface area contributed by atoms with Gasteiger partial charge in [0.25, 0.3) is 6.71 Å². The Labute approximate surface area is 216 Å². The Morgan fingerprint density at radius 2 is 1.67 bits per heavy atom. The van der Waals surface area contributed by atoms with E-state index in [0.717, 1.165) is 34.0 Å². The molecule has 0 saturated carbocycles. The fourth-order valence-electron chi connectivity index (χ4n) is 6.54. The molecule has 0 spiro atoms. The second-order valence-corrected chi connectivity index (χ2v) is 12.8. The number of fused-ring (bicyclic) bond motifs is 10. The van der Waals surface area contributed by atoms with Gasteiger partial charge in [-0.15, -0.1) is 11.3 Å². The van der Waals surface area contributed by atoms with Crippen LogP contribution in [0.1, 0.15) is 49.4 Å². The Balaban J connectivity index is 1.45. The molecule has 0 bridgehead atoms. The van der Waals surface area contributed by atoms with E-state index in [0.29, 0.717) is 0 Å². The van der Waals surface area contributed by atoms with Crippen LogP contribution in [0.5, 0.6) is 23.0 Å². The van der Waals surface area contributed by atoms with Gasteiger partial charge in [-0.25, -0.2) is 0 Å². The lowest BCUT2D eigenvalue weighted by molar-refractivity contribution is 0.466. The highest BCUT2D eigenvalue weighted by Gasteiger charge is 2.41. The Bertz CT molecular complexity index is 1770. The maximum absolute atomic E-state index is 6.84. The minimum atomic E-state index is 0.0628. The number of rotatable bonds is 0. The summed E-state index contributed by atoms with van der Waals surface area (Å²) >= 11 is 1.94. The van der Waals surface area contributed by atoms with Gasteiger partial charge in [-0.3, -0.25) is 0 Å². The van der Waals surface area contributed by atoms with Crippen LogP contribution >= 0.6 is 11.3 Å². The molecule has 3 heterocycles. The van der Waals surface area contributed by atoms with Crippen LogP contribution in [-0.4, -0.2) is 6.71 Å². The largest absolute Gasteiger partial charge is 0.458 e. The van der Waals surface area contributed by atoms with Crippen LogP contribution in [-0.2, 0) is 18.3 Å². The molecule has 8 rings (SSSR count). The van der Waals surface area contributed by atoms with Gasteiger partial charge in [-0.2, -0.15) is 0 Å². The van der Waals surface area contributed by atoms with Gasteiger partial charge in [0.2, 0.25) is 0 Å². The summed E-state index contributed by atoms with van der Waals surface area (Å²) in [4.78, 5) is 0. The lowest BCUT2D eigenvalue weighted by atomic mass is 9.34. The molecule has 176 valence electrons. The molecule has 2 aliphatic heterocycles. The monoisotopic (exact) mass is 486 g/mol. The number of ether oxygens (including phenoxy) is 2. The van der Waals surface area contributed by atoms with E-state index in [-0.39, 0.29) is 12.1 Å². The van der Waals surface area contributed by atoms with Gasteiger partial charge in [0.1, 0.15) is 23.0 Å². The van der Waals surface area contributed by atoms with Crippen molar-refractivity contribution in [1.29, 1.82) is 0 Å². The third-order valence-corrected chi connectivity index (χ3v) is 9.56. The predicted molar refractivity (Wildman–Crippen MR) is 152 cm³/mol. The van der Waals surface area contributed by atoms with Crippen molar-refractivity contribution in [2.75, 3.05) is 0 Å². The van der Waals surface area contributed by atoms with Gasteiger partial charge in [-0.1, -0.05) is 51.1 Å². The van der Waals surface area contributed by atoms with Crippen molar-refractivity contribution < 1.29 is 9.47 Å². The van der Waals surface area contributed by atoms with Gasteiger partial charge in [0.05, 0.1) is 0 Å². The fraction of sp³-hybridized carbons (Fsp3) is 0.250. The van der Waals surface area contributed by atoms with Crippen molar-refractivity contribution in [3.8, 4) is 23.0 Å². The van der Waals surface area contributed by atoms with Crippen LogP contribution < -0.4 is 25.9 Å². The first-order chi connectivity index (χ1) is 17.4. The minimum absolute atomic E-state index is 0.0628. The molecule has 0 atom stereocenters. The summed E-state index contributed by atoms with van der Waals surface area (Å²) in [6.45, 7) is 9.05. The van der Waals surface area contributed by atoms with Gasteiger partial charge >= 0.3 is 0 Å². The van der Waals surface area contributed by atoms with E-state index in [2.05, 4.69) is 82.3 Å². The molecule has 1 aliphatic carbocycles. The zero-order chi connectivity index (χ0) is 24.3. The lowest BCUT2D eigenvalue weighted by Crippen LogP contribution is -2.57. The number of thiophene rings is 1. The summed E-state index contributed by atoms with van der Waals surface area (Å²) in [6.07, 6.45) is 3.66. The van der Waals surface area contributed by atoms with Crippen molar-refractivity contribution in [3.05, 3.63) is 76.9 Å². The lowest BCUT2D eigenvalue weighted by Gasteiger charge is -2.34. The van der Waals surface area contributed by atoms with E-state index in [1.807, 2.05) is 11.3 Å². The summed E-state index contributed by atoms with van der Waals surface area (Å²) in [6, 6.07) is 20.4. The van der Waals surface area contributed by atoms with E-state index >= 15 is 0 Å². The molecular formula is C32H27BO2S.